The van der Waals surface area contributed by atoms with Crippen LogP contribution in [-0.2, 0) is 32.5 Å². The van der Waals surface area contributed by atoms with Crippen molar-refractivity contribution in [1.82, 2.24) is 0 Å². The quantitative estimate of drug-likeness (QED) is 0.154. The zero-order chi connectivity index (χ0) is 58.4. The van der Waals surface area contributed by atoms with E-state index in [1.807, 2.05) is 0 Å². The number of hydrogen-bond donors (Lipinski definition) is 0. The van der Waals surface area contributed by atoms with Gasteiger partial charge in [0.15, 0.2) is 0 Å². The number of benzene rings is 9. The Kier molecular flexibility index (Phi) is 12.7. The van der Waals surface area contributed by atoms with Crippen molar-refractivity contribution < 1.29 is 0 Å². The molecule has 9 aromatic carbocycles. The summed E-state index contributed by atoms with van der Waals surface area (Å²) >= 11 is 0. The molecular weight excluding hydrogens is 990 g/mol. The van der Waals surface area contributed by atoms with Crippen LogP contribution in [0.25, 0.3) is 22.3 Å². The lowest BCUT2D eigenvalue weighted by Crippen LogP contribution is -2.62. The molecule has 0 bridgehead atoms. The van der Waals surface area contributed by atoms with Crippen LogP contribution in [-0.4, -0.2) is 6.85 Å². The molecule has 414 valence electrons. The lowest BCUT2D eigenvalue weighted by Gasteiger charge is -2.49. The predicted octanol–water partition coefficient (Wildman–Crippen LogP) is 20.3. The van der Waals surface area contributed by atoms with Gasteiger partial charge in [-0.1, -0.05) is 226 Å². The Morgan fingerprint density at radius 2 is 0.854 bits per heavy atom. The average molecular weight is 1070 g/mol. The second kappa shape index (κ2) is 19.0. The van der Waals surface area contributed by atoms with Crippen LogP contribution >= 0.6 is 0 Å². The van der Waals surface area contributed by atoms with Crippen molar-refractivity contribution in [3.8, 4) is 22.3 Å². The Hall–Kier alpha value is -7.56. The van der Waals surface area contributed by atoms with Gasteiger partial charge in [0, 0.05) is 61.8 Å². The molecule has 0 saturated heterocycles. The normalized spacial score (nSPS) is 15.1. The summed E-state index contributed by atoms with van der Waals surface area (Å²) in [7, 11) is 0. The lowest BCUT2D eigenvalue weighted by molar-refractivity contribution is 0.521. The third-order valence-electron chi connectivity index (χ3n) is 18.7. The first kappa shape index (κ1) is 55.0. The molecule has 9 aromatic rings. The molecule has 12 rings (SSSR count). The maximum atomic E-state index is 2.75. The summed E-state index contributed by atoms with van der Waals surface area (Å²) in [5.41, 5.74) is 29.8. The minimum absolute atomic E-state index is 0.0211. The van der Waals surface area contributed by atoms with E-state index in [-0.39, 0.29) is 39.3 Å². The van der Waals surface area contributed by atoms with E-state index < -0.39 is 0 Å². The maximum absolute atomic E-state index is 2.75. The first-order chi connectivity index (χ1) is 38.5. The zero-order valence-corrected chi connectivity index (χ0v) is 52.2. The van der Waals surface area contributed by atoms with Crippen LogP contribution in [0.3, 0.4) is 0 Å². The molecule has 0 saturated carbocycles. The van der Waals surface area contributed by atoms with Crippen LogP contribution in [0.5, 0.6) is 0 Å². The summed E-state index contributed by atoms with van der Waals surface area (Å²) in [4.78, 5) is 7.91. The van der Waals surface area contributed by atoms with Gasteiger partial charge in [-0.15, -0.1) is 0 Å². The summed E-state index contributed by atoms with van der Waals surface area (Å²) in [6, 6.07) is 71.1. The molecule has 2 aliphatic heterocycles. The van der Waals surface area contributed by atoms with E-state index in [4.69, 9.17) is 0 Å². The van der Waals surface area contributed by atoms with Crippen LogP contribution in [0.15, 0.2) is 182 Å². The van der Waals surface area contributed by atoms with Crippen LogP contribution in [0.2, 0.25) is 0 Å². The Bertz CT molecular complexity index is 3920. The van der Waals surface area contributed by atoms with Gasteiger partial charge >= 0.3 is 6.85 Å². The molecule has 0 spiro atoms. The minimum atomic E-state index is -0.276. The second-order valence-electron chi connectivity index (χ2n) is 29.3. The summed E-state index contributed by atoms with van der Waals surface area (Å²) in [6.07, 6.45) is 0. The Balaban J connectivity index is 1.20. The Morgan fingerprint density at radius 1 is 0.366 bits per heavy atom. The van der Waals surface area contributed by atoms with E-state index >= 15 is 0 Å². The van der Waals surface area contributed by atoms with Crippen molar-refractivity contribution in [2.45, 2.75) is 157 Å². The smallest absolute Gasteiger partial charge is 0.333 e. The highest BCUT2D eigenvalue weighted by Crippen LogP contribution is 2.55. The molecular formula is C78H84BN3. The Labute approximate surface area is 492 Å². The molecule has 0 N–H and O–H groups in total. The van der Waals surface area contributed by atoms with Gasteiger partial charge in [-0.3, -0.25) is 0 Å². The topological polar surface area (TPSA) is 9.72 Å². The van der Waals surface area contributed by atoms with Gasteiger partial charge in [-0.05, 0) is 180 Å². The summed E-state index contributed by atoms with van der Waals surface area (Å²) < 4.78 is 0. The van der Waals surface area contributed by atoms with Gasteiger partial charge in [0.1, 0.15) is 0 Å². The Morgan fingerprint density at radius 3 is 1.39 bits per heavy atom. The van der Waals surface area contributed by atoms with Crippen LogP contribution in [0.1, 0.15) is 166 Å². The molecule has 4 heteroatoms. The van der Waals surface area contributed by atoms with Crippen molar-refractivity contribution in [2.24, 2.45) is 0 Å². The van der Waals surface area contributed by atoms with E-state index in [9.17, 15) is 0 Å². The van der Waals surface area contributed by atoms with Gasteiger partial charge in [0.2, 0.25) is 0 Å². The monoisotopic (exact) mass is 1070 g/mol. The fourth-order valence-corrected chi connectivity index (χ4v) is 13.8. The molecule has 0 radical (unpaired) electrons. The van der Waals surface area contributed by atoms with Crippen molar-refractivity contribution in [2.75, 3.05) is 14.6 Å². The SMILES string of the molecule is Cc1cc2c3c(c1)N(c1ccc(C(C)(C)C)cc1-c1ccccc1)c1cc4c(cc1B3N(c1ccc(C(C)(C)C)cc1C)c1cc(N(c3ccc(C(C)(C)C)cc3)c3ccc(C(C)(C)C)cc3)ccc1-2)C(C)(C)c1ccccc1C4(C)C. The number of nitrogens with zero attached hydrogens (tertiary/aromatic N) is 3. The molecule has 0 amide bonds. The molecule has 3 aliphatic rings. The number of hydrogen-bond acceptors (Lipinski definition) is 3. The van der Waals surface area contributed by atoms with Gasteiger partial charge in [0.05, 0.1) is 5.69 Å². The lowest BCUT2D eigenvalue weighted by atomic mass is 9.42. The van der Waals surface area contributed by atoms with Gasteiger partial charge < -0.3 is 14.6 Å². The van der Waals surface area contributed by atoms with E-state index in [1.54, 1.807) is 0 Å². The third-order valence-corrected chi connectivity index (χ3v) is 18.7. The van der Waals surface area contributed by atoms with Crippen molar-refractivity contribution >= 4 is 63.3 Å². The highest BCUT2D eigenvalue weighted by molar-refractivity contribution is 6.93. The minimum Gasteiger partial charge on any atom is -0.376 e. The largest absolute Gasteiger partial charge is 0.376 e. The molecule has 0 fully saturated rings. The van der Waals surface area contributed by atoms with Crippen LogP contribution in [0, 0.1) is 13.8 Å². The van der Waals surface area contributed by atoms with Crippen molar-refractivity contribution in [3.05, 3.63) is 238 Å². The number of rotatable bonds is 6. The fourth-order valence-electron chi connectivity index (χ4n) is 13.8. The van der Waals surface area contributed by atoms with E-state index in [1.165, 1.54) is 117 Å². The molecule has 2 heterocycles. The van der Waals surface area contributed by atoms with Crippen molar-refractivity contribution in [1.29, 1.82) is 0 Å². The van der Waals surface area contributed by atoms with E-state index in [0.29, 0.717) is 0 Å². The highest BCUT2D eigenvalue weighted by Gasteiger charge is 2.49. The summed E-state index contributed by atoms with van der Waals surface area (Å²) in [6.45, 7) is 42.1. The van der Waals surface area contributed by atoms with Crippen LogP contribution in [0.4, 0.5) is 45.5 Å². The first-order valence-corrected chi connectivity index (χ1v) is 30.0. The number of aryl methyl sites for hydroxylation is 2. The standard InChI is InChI=1S/C78H84BN3/c1-49-42-61-59-39-38-58(80(56-34-28-52(29-35-56)73(3,4)5)57-36-30-53(31-37-57)74(6,7)8)46-69(59)82(67-40-32-54(44-50(67)2)75(9,10)11)79-66-47-64-65(78(17,18)63-27-23-22-26-62(63)77(64,15)16)48-70(66)81(71(43-49)72(61)79)68-41-33-55(76(12,13)14)45-60(68)51-24-20-19-21-25-51/h19-48H,1-18H3. The zero-order valence-electron chi connectivity index (χ0n) is 52.2. The third kappa shape index (κ3) is 9.02. The van der Waals surface area contributed by atoms with E-state index in [2.05, 4.69) is 321 Å². The summed E-state index contributed by atoms with van der Waals surface area (Å²) in [5, 5.41) is 0. The summed E-state index contributed by atoms with van der Waals surface area (Å²) in [5.74, 6) is 0. The molecule has 82 heavy (non-hydrogen) atoms. The number of anilines is 8. The van der Waals surface area contributed by atoms with Gasteiger partial charge in [-0.25, -0.2) is 0 Å². The van der Waals surface area contributed by atoms with E-state index in [0.717, 1.165) is 17.1 Å². The van der Waals surface area contributed by atoms with Crippen molar-refractivity contribution in [3.63, 3.8) is 0 Å². The predicted molar refractivity (Wildman–Crippen MR) is 355 cm³/mol. The highest BCUT2D eigenvalue weighted by atomic mass is 15.2. The molecule has 3 nitrogen and oxygen atoms in total. The maximum Gasteiger partial charge on any atom is 0.333 e. The fraction of sp³-hybridized carbons (Fsp3) is 0.308. The first-order valence-electron chi connectivity index (χ1n) is 30.0. The van der Waals surface area contributed by atoms with Gasteiger partial charge in [-0.2, -0.15) is 0 Å². The molecule has 0 unspecified atom stereocenters. The number of fused-ring (bicyclic) bond motifs is 6. The van der Waals surface area contributed by atoms with Gasteiger partial charge in [0.25, 0.3) is 0 Å². The van der Waals surface area contributed by atoms with Crippen LogP contribution < -0.4 is 25.5 Å². The second-order valence-corrected chi connectivity index (χ2v) is 29.3. The molecule has 1 aliphatic carbocycles. The molecule has 0 atom stereocenters. The average Bonchev–Trinajstić information content (AvgIpc) is 1.44. The molecule has 0 aromatic heterocycles.